The summed E-state index contributed by atoms with van der Waals surface area (Å²) in [5.74, 6) is 0. The maximum Gasteiger partial charge on any atom is 0.416 e. The van der Waals surface area contributed by atoms with Gasteiger partial charge in [-0.2, -0.15) is 26.3 Å². The fourth-order valence-corrected chi connectivity index (χ4v) is 4.80. The molecular formula is C20H17F6NO4S. The number of rotatable bonds is 4. The van der Waals surface area contributed by atoms with Gasteiger partial charge in [0, 0.05) is 5.69 Å². The van der Waals surface area contributed by atoms with Crippen molar-refractivity contribution in [3.8, 4) is 0 Å². The molecule has 1 aliphatic rings. The maximum atomic E-state index is 13.1. The monoisotopic (exact) mass is 481 g/mol. The number of hydrogen-bond acceptors (Lipinski definition) is 4. The van der Waals surface area contributed by atoms with Gasteiger partial charge < -0.3 is 4.74 Å². The average molecular weight is 481 g/mol. The number of halogens is 6. The summed E-state index contributed by atoms with van der Waals surface area (Å²) in [5, 5.41) is 0. The van der Waals surface area contributed by atoms with Gasteiger partial charge in [0.1, 0.15) is 10.9 Å². The van der Waals surface area contributed by atoms with Crippen molar-refractivity contribution in [2.45, 2.75) is 41.9 Å². The summed E-state index contributed by atoms with van der Waals surface area (Å²) in [6, 6.07) is 6.82. The smallest absolute Gasteiger partial charge is 0.416 e. The third kappa shape index (κ3) is 4.27. The number of nitrogens with zero attached hydrogens (tertiary/aromatic N) is 1. The van der Waals surface area contributed by atoms with Gasteiger partial charge in [-0.1, -0.05) is 6.07 Å². The Morgan fingerprint density at radius 2 is 1.47 bits per heavy atom. The topological polar surface area (TPSA) is 63.7 Å². The Morgan fingerprint density at radius 3 is 2.00 bits per heavy atom. The first kappa shape index (κ1) is 23.9. The SMILES string of the molecule is CC(C)([C@@H]1CN(c2ccc(C(F)(F)F)cc2)C(=O)O1)S(=O)(=O)c1cccc(C(F)(F)F)c1. The van der Waals surface area contributed by atoms with Crippen molar-refractivity contribution in [3.05, 3.63) is 59.7 Å². The van der Waals surface area contributed by atoms with Crippen LogP contribution in [0.4, 0.5) is 36.8 Å². The lowest BCUT2D eigenvalue weighted by atomic mass is 10.1. The van der Waals surface area contributed by atoms with Crippen LogP contribution in [0.25, 0.3) is 0 Å². The van der Waals surface area contributed by atoms with Crippen molar-refractivity contribution in [1.82, 2.24) is 0 Å². The van der Waals surface area contributed by atoms with E-state index in [4.69, 9.17) is 4.74 Å². The van der Waals surface area contributed by atoms with Crippen LogP contribution in [0, 0.1) is 0 Å². The van der Waals surface area contributed by atoms with Crippen molar-refractivity contribution in [2.24, 2.45) is 0 Å². The molecule has 0 unspecified atom stereocenters. The van der Waals surface area contributed by atoms with Crippen LogP contribution in [0.2, 0.25) is 0 Å². The molecule has 1 amide bonds. The van der Waals surface area contributed by atoms with Crippen molar-refractivity contribution >= 4 is 21.6 Å². The van der Waals surface area contributed by atoms with Crippen molar-refractivity contribution in [1.29, 1.82) is 0 Å². The Labute approximate surface area is 179 Å². The zero-order valence-corrected chi connectivity index (χ0v) is 17.5. The number of alkyl halides is 6. The van der Waals surface area contributed by atoms with E-state index in [2.05, 4.69) is 0 Å². The van der Waals surface area contributed by atoms with Crippen LogP contribution in [0.15, 0.2) is 53.4 Å². The van der Waals surface area contributed by atoms with Gasteiger partial charge in [0.25, 0.3) is 0 Å². The number of benzene rings is 2. The highest BCUT2D eigenvalue weighted by atomic mass is 32.2. The lowest BCUT2D eigenvalue weighted by Gasteiger charge is -2.29. The molecule has 2 aromatic rings. The Kier molecular flexibility index (Phi) is 5.73. The zero-order valence-electron chi connectivity index (χ0n) is 16.7. The predicted molar refractivity (Wildman–Crippen MR) is 102 cm³/mol. The largest absolute Gasteiger partial charge is 0.442 e. The minimum atomic E-state index is -4.76. The summed E-state index contributed by atoms with van der Waals surface area (Å²) >= 11 is 0. The quantitative estimate of drug-likeness (QED) is 0.556. The first-order valence-electron chi connectivity index (χ1n) is 9.12. The standard InChI is InChI=1S/C20H17F6NO4S/c1-18(2,32(29,30)15-5-3-4-13(10-15)20(24,25)26)16-11-27(17(28)31-16)14-8-6-12(7-9-14)19(21,22)23/h3-10,16H,11H2,1-2H3/t16-/m0/s1. The summed E-state index contributed by atoms with van der Waals surface area (Å²) < 4.78 is 107. The Bertz CT molecular complexity index is 1120. The van der Waals surface area contributed by atoms with Crippen molar-refractivity contribution in [2.75, 3.05) is 11.4 Å². The number of hydrogen-bond donors (Lipinski definition) is 0. The fourth-order valence-electron chi connectivity index (χ4n) is 3.18. The fraction of sp³-hybridized carbons (Fsp3) is 0.350. The molecule has 32 heavy (non-hydrogen) atoms. The van der Waals surface area contributed by atoms with E-state index >= 15 is 0 Å². The summed E-state index contributed by atoms with van der Waals surface area (Å²) in [7, 11) is -4.41. The van der Waals surface area contributed by atoms with E-state index < -0.39 is 55.2 Å². The number of ether oxygens (including phenoxy) is 1. The molecule has 3 rings (SSSR count). The third-order valence-electron chi connectivity index (χ3n) is 5.26. The van der Waals surface area contributed by atoms with E-state index in [0.29, 0.717) is 6.07 Å². The molecule has 0 radical (unpaired) electrons. The predicted octanol–water partition coefficient (Wildman–Crippen LogP) is 5.30. The van der Waals surface area contributed by atoms with Crippen LogP contribution in [0.3, 0.4) is 0 Å². The third-order valence-corrected chi connectivity index (χ3v) is 7.78. The number of carbonyl (C=O) groups excluding carboxylic acids is 1. The molecule has 1 aliphatic heterocycles. The van der Waals surface area contributed by atoms with Gasteiger partial charge in [0.15, 0.2) is 9.84 Å². The molecule has 0 saturated carbocycles. The number of anilines is 1. The molecule has 2 aromatic carbocycles. The van der Waals surface area contributed by atoms with E-state index in [9.17, 15) is 39.6 Å². The average Bonchev–Trinajstić information content (AvgIpc) is 3.09. The van der Waals surface area contributed by atoms with Gasteiger partial charge >= 0.3 is 18.4 Å². The van der Waals surface area contributed by atoms with Gasteiger partial charge in [-0.15, -0.1) is 0 Å². The molecule has 1 saturated heterocycles. The molecule has 0 aromatic heterocycles. The first-order chi connectivity index (χ1) is 14.5. The molecule has 0 bridgehead atoms. The van der Waals surface area contributed by atoms with Crippen LogP contribution >= 0.6 is 0 Å². The van der Waals surface area contributed by atoms with E-state index in [-0.39, 0.29) is 12.2 Å². The highest BCUT2D eigenvalue weighted by molar-refractivity contribution is 7.92. The van der Waals surface area contributed by atoms with Crippen molar-refractivity contribution < 1.29 is 44.3 Å². The van der Waals surface area contributed by atoms with Gasteiger partial charge in [-0.3, -0.25) is 4.90 Å². The highest BCUT2D eigenvalue weighted by Gasteiger charge is 2.50. The maximum absolute atomic E-state index is 13.1. The van der Waals surface area contributed by atoms with Gasteiger partial charge in [-0.25, -0.2) is 13.2 Å². The van der Waals surface area contributed by atoms with Crippen LogP contribution in [0.1, 0.15) is 25.0 Å². The van der Waals surface area contributed by atoms with Gasteiger partial charge in [0.2, 0.25) is 0 Å². The number of carbonyl (C=O) groups is 1. The molecule has 1 atom stereocenters. The van der Waals surface area contributed by atoms with Gasteiger partial charge in [-0.05, 0) is 56.3 Å². The van der Waals surface area contributed by atoms with Crippen LogP contribution in [0.5, 0.6) is 0 Å². The summed E-state index contributed by atoms with van der Waals surface area (Å²) in [4.78, 5) is 12.7. The minimum Gasteiger partial charge on any atom is -0.442 e. The minimum absolute atomic E-state index is 0.0535. The van der Waals surface area contributed by atoms with E-state index in [1.54, 1.807) is 0 Å². The normalized spacial score (nSPS) is 18.1. The Morgan fingerprint density at radius 1 is 0.906 bits per heavy atom. The Hall–Kier alpha value is -2.76. The highest BCUT2D eigenvalue weighted by Crippen LogP contribution is 2.38. The molecule has 5 nitrogen and oxygen atoms in total. The second kappa shape index (κ2) is 7.68. The molecule has 174 valence electrons. The molecule has 0 N–H and O–H groups in total. The second-order valence-electron chi connectivity index (χ2n) is 7.66. The lowest BCUT2D eigenvalue weighted by molar-refractivity contribution is -0.138. The second-order valence-corrected chi connectivity index (χ2v) is 10.2. The van der Waals surface area contributed by atoms with Crippen LogP contribution in [-0.4, -0.2) is 31.9 Å². The first-order valence-corrected chi connectivity index (χ1v) is 10.6. The van der Waals surface area contributed by atoms with E-state index in [1.807, 2.05) is 0 Å². The van der Waals surface area contributed by atoms with Crippen molar-refractivity contribution in [3.63, 3.8) is 0 Å². The van der Waals surface area contributed by atoms with Crippen LogP contribution < -0.4 is 4.90 Å². The van der Waals surface area contributed by atoms with Crippen LogP contribution in [-0.2, 0) is 26.9 Å². The molecular weight excluding hydrogens is 464 g/mol. The Balaban J connectivity index is 1.89. The number of cyclic esters (lactones) is 1. The summed E-state index contributed by atoms with van der Waals surface area (Å²) in [6.45, 7) is 2.09. The molecule has 1 heterocycles. The molecule has 1 fully saturated rings. The van der Waals surface area contributed by atoms with E-state index in [1.165, 1.54) is 13.8 Å². The lowest BCUT2D eigenvalue weighted by Crippen LogP contribution is -2.46. The molecule has 0 aliphatic carbocycles. The van der Waals surface area contributed by atoms with E-state index in [0.717, 1.165) is 47.4 Å². The molecule has 0 spiro atoms. The summed E-state index contributed by atoms with van der Waals surface area (Å²) in [6.07, 6.45) is -11.6. The zero-order chi connectivity index (χ0) is 24.1. The number of sulfone groups is 1. The summed E-state index contributed by atoms with van der Waals surface area (Å²) in [5.41, 5.74) is -2.03. The number of amides is 1. The van der Waals surface area contributed by atoms with Gasteiger partial charge in [0.05, 0.1) is 22.6 Å². The molecule has 12 heteroatoms.